The minimum Gasteiger partial charge on any atom is -0.466 e. The van der Waals surface area contributed by atoms with Crippen molar-refractivity contribution >= 4 is 13.8 Å². The third-order valence-corrected chi connectivity index (χ3v) is 3.06. The van der Waals surface area contributed by atoms with Crippen LogP contribution in [0.15, 0.2) is 0 Å². The maximum atomic E-state index is 11.3. The van der Waals surface area contributed by atoms with Crippen LogP contribution in [0.3, 0.4) is 0 Å². The van der Waals surface area contributed by atoms with E-state index in [9.17, 15) is 9.36 Å². The number of hydrogen-bond donors (Lipinski definition) is 2. The first kappa shape index (κ1) is 18.6. The molecular weight excluding hydrogens is 271 g/mol. The molecule has 0 aliphatic carbocycles. The summed E-state index contributed by atoms with van der Waals surface area (Å²) in [6.45, 7) is 2.18. The van der Waals surface area contributed by atoms with Gasteiger partial charge in [0.1, 0.15) is 0 Å². The Balaban J connectivity index is 3.28. The molecule has 0 aliphatic rings. The fourth-order valence-electron chi connectivity index (χ4n) is 1.55. The number of unbranched alkanes of at least 4 members (excludes halogenated alkanes) is 5. The standard InChI is InChI=1S/C12H25O6P/c1-2-3-4-5-6-7-9-12(13)17-10-8-11-18-19(14,15)16/h2-11H2,1H3,(H2,14,15,16). The number of phosphoric acid groups is 1. The number of phosphoric ester groups is 1. The molecule has 0 bridgehead atoms. The second kappa shape index (κ2) is 11.4. The highest BCUT2D eigenvalue weighted by Crippen LogP contribution is 2.35. The van der Waals surface area contributed by atoms with Crippen molar-refractivity contribution in [3.8, 4) is 0 Å². The molecule has 0 aromatic heterocycles. The van der Waals surface area contributed by atoms with Gasteiger partial charge in [-0.15, -0.1) is 0 Å². The van der Waals surface area contributed by atoms with E-state index in [-0.39, 0.29) is 25.6 Å². The van der Waals surface area contributed by atoms with Gasteiger partial charge in [0.05, 0.1) is 13.2 Å². The lowest BCUT2D eigenvalue weighted by Gasteiger charge is -2.06. The maximum Gasteiger partial charge on any atom is 0.469 e. The minimum absolute atomic E-state index is 0.116. The molecule has 0 heterocycles. The van der Waals surface area contributed by atoms with E-state index in [0.717, 1.165) is 19.3 Å². The van der Waals surface area contributed by atoms with Crippen LogP contribution in [-0.2, 0) is 18.6 Å². The van der Waals surface area contributed by atoms with Gasteiger partial charge in [-0.1, -0.05) is 39.0 Å². The Morgan fingerprint density at radius 3 is 2.26 bits per heavy atom. The van der Waals surface area contributed by atoms with Crippen molar-refractivity contribution in [2.75, 3.05) is 13.2 Å². The van der Waals surface area contributed by atoms with E-state index in [1.165, 1.54) is 19.3 Å². The summed E-state index contributed by atoms with van der Waals surface area (Å²) in [5, 5.41) is 0. The molecule has 114 valence electrons. The average Bonchev–Trinajstić information content (AvgIpc) is 2.31. The number of hydrogen-bond acceptors (Lipinski definition) is 4. The fourth-order valence-corrected chi connectivity index (χ4v) is 1.92. The first-order valence-electron chi connectivity index (χ1n) is 6.81. The van der Waals surface area contributed by atoms with Crippen molar-refractivity contribution < 1.29 is 28.4 Å². The average molecular weight is 296 g/mol. The molecule has 0 radical (unpaired) electrons. The van der Waals surface area contributed by atoms with Crippen LogP contribution < -0.4 is 0 Å². The highest BCUT2D eigenvalue weighted by molar-refractivity contribution is 7.46. The molecule has 7 heteroatoms. The van der Waals surface area contributed by atoms with E-state index in [1.54, 1.807) is 0 Å². The molecule has 0 aromatic carbocycles. The third-order valence-electron chi connectivity index (χ3n) is 2.55. The Morgan fingerprint density at radius 1 is 1.00 bits per heavy atom. The Bertz CT molecular complexity index is 275. The van der Waals surface area contributed by atoms with E-state index in [0.29, 0.717) is 6.42 Å². The largest absolute Gasteiger partial charge is 0.469 e. The first-order valence-corrected chi connectivity index (χ1v) is 8.34. The van der Waals surface area contributed by atoms with E-state index >= 15 is 0 Å². The van der Waals surface area contributed by atoms with Gasteiger partial charge in [0, 0.05) is 12.8 Å². The second-order valence-electron chi connectivity index (χ2n) is 4.42. The summed E-state index contributed by atoms with van der Waals surface area (Å²) in [6, 6.07) is 0. The van der Waals surface area contributed by atoms with Crippen LogP contribution >= 0.6 is 7.82 Å². The zero-order valence-corrected chi connectivity index (χ0v) is 12.4. The summed E-state index contributed by atoms with van der Waals surface area (Å²) in [4.78, 5) is 28.1. The molecule has 0 atom stereocenters. The quantitative estimate of drug-likeness (QED) is 0.327. The van der Waals surface area contributed by atoms with E-state index < -0.39 is 7.82 Å². The van der Waals surface area contributed by atoms with Crippen molar-refractivity contribution in [1.29, 1.82) is 0 Å². The van der Waals surface area contributed by atoms with Crippen molar-refractivity contribution in [1.82, 2.24) is 0 Å². The van der Waals surface area contributed by atoms with Gasteiger partial charge in [-0.3, -0.25) is 9.32 Å². The number of carbonyl (C=O) groups excluding carboxylic acids is 1. The number of carbonyl (C=O) groups is 1. The third kappa shape index (κ3) is 15.5. The Hall–Kier alpha value is -0.420. The van der Waals surface area contributed by atoms with Gasteiger partial charge < -0.3 is 14.5 Å². The molecule has 6 nitrogen and oxygen atoms in total. The van der Waals surface area contributed by atoms with Gasteiger partial charge in [-0.2, -0.15) is 0 Å². The Morgan fingerprint density at radius 2 is 1.63 bits per heavy atom. The SMILES string of the molecule is CCCCCCCCC(=O)OCCCOP(=O)(O)O. The van der Waals surface area contributed by atoms with Crippen LogP contribution in [0.2, 0.25) is 0 Å². The van der Waals surface area contributed by atoms with Gasteiger partial charge in [0.25, 0.3) is 0 Å². The normalized spacial score (nSPS) is 11.5. The van der Waals surface area contributed by atoms with Crippen molar-refractivity contribution in [3.05, 3.63) is 0 Å². The molecule has 0 amide bonds. The maximum absolute atomic E-state index is 11.3. The molecule has 2 N–H and O–H groups in total. The molecule has 0 aromatic rings. The van der Waals surface area contributed by atoms with Gasteiger partial charge in [-0.05, 0) is 6.42 Å². The van der Waals surface area contributed by atoms with Crippen LogP contribution in [0.1, 0.15) is 58.3 Å². The lowest BCUT2D eigenvalue weighted by atomic mass is 10.1. The highest BCUT2D eigenvalue weighted by Gasteiger charge is 2.12. The zero-order chi connectivity index (χ0) is 14.6. The molecule has 0 fully saturated rings. The molecule has 0 unspecified atom stereocenters. The van der Waals surface area contributed by atoms with Crippen molar-refractivity contribution in [3.63, 3.8) is 0 Å². The van der Waals surface area contributed by atoms with Crippen LogP contribution in [-0.4, -0.2) is 29.0 Å². The topological polar surface area (TPSA) is 93.1 Å². The summed E-state index contributed by atoms with van der Waals surface area (Å²) in [7, 11) is -4.40. The van der Waals surface area contributed by atoms with E-state index in [1.807, 2.05) is 0 Å². The first-order chi connectivity index (χ1) is 8.95. The Labute approximate surface area is 114 Å². The zero-order valence-electron chi connectivity index (χ0n) is 11.5. The smallest absolute Gasteiger partial charge is 0.466 e. The second-order valence-corrected chi connectivity index (χ2v) is 5.65. The molecule has 0 saturated carbocycles. The number of ether oxygens (including phenoxy) is 1. The number of rotatable bonds is 12. The molecule has 19 heavy (non-hydrogen) atoms. The summed E-state index contributed by atoms with van der Waals surface area (Å²) in [5.41, 5.74) is 0. The van der Waals surface area contributed by atoms with Gasteiger partial charge in [0.2, 0.25) is 0 Å². The lowest BCUT2D eigenvalue weighted by molar-refractivity contribution is -0.144. The van der Waals surface area contributed by atoms with Crippen molar-refractivity contribution in [2.24, 2.45) is 0 Å². The lowest BCUT2D eigenvalue weighted by Crippen LogP contribution is -2.07. The molecule has 0 saturated heterocycles. The van der Waals surface area contributed by atoms with Crippen LogP contribution in [0, 0.1) is 0 Å². The van der Waals surface area contributed by atoms with Gasteiger partial charge in [-0.25, -0.2) is 4.57 Å². The summed E-state index contributed by atoms with van der Waals surface area (Å²) in [6.07, 6.45) is 7.38. The van der Waals surface area contributed by atoms with Crippen LogP contribution in [0.25, 0.3) is 0 Å². The van der Waals surface area contributed by atoms with Gasteiger partial charge >= 0.3 is 13.8 Å². The van der Waals surface area contributed by atoms with Crippen LogP contribution in [0.4, 0.5) is 0 Å². The predicted octanol–water partition coefficient (Wildman–Crippen LogP) is 2.78. The van der Waals surface area contributed by atoms with Gasteiger partial charge in [0.15, 0.2) is 0 Å². The number of esters is 1. The summed E-state index contributed by atoms with van der Waals surface area (Å²) in [5.74, 6) is -0.258. The predicted molar refractivity (Wildman–Crippen MR) is 71.6 cm³/mol. The molecule has 0 rings (SSSR count). The molecular formula is C12H25O6P. The molecule has 0 aliphatic heterocycles. The monoisotopic (exact) mass is 296 g/mol. The summed E-state index contributed by atoms with van der Waals surface area (Å²) < 4.78 is 19.5. The fraction of sp³-hybridized carbons (Fsp3) is 0.917. The summed E-state index contributed by atoms with van der Waals surface area (Å²) >= 11 is 0. The molecule has 0 spiro atoms. The van der Waals surface area contributed by atoms with E-state index in [4.69, 9.17) is 14.5 Å². The van der Waals surface area contributed by atoms with Crippen molar-refractivity contribution in [2.45, 2.75) is 58.3 Å². The Kier molecular flexibility index (Phi) is 11.2. The highest BCUT2D eigenvalue weighted by atomic mass is 31.2. The van der Waals surface area contributed by atoms with Crippen LogP contribution in [0.5, 0.6) is 0 Å². The minimum atomic E-state index is -4.40. The van der Waals surface area contributed by atoms with E-state index in [2.05, 4.69) is 11.4 Å².